The van der Waals surface area contributed by atoms with Gasteiger partial charge in [-0.1, -0.05) is 140 Å². The van der Waals surface area contributed by atoms with Gasteiger partial charge in [0.05, 0.1) is 11.0 Å². The molecule has 4 nitrogen and oxygen atoms in total. The number of hydrogen-bond donors (Lipinski definition) is 0. The van der Waals surface area contributed by atoms with Crippen molar-refractivity contribution in [2.24, 2.45) is 0 Å². The third kappa shape index (κ3) is 5.48. The molecule has 0 aliphatic heterocycles. The SMILES string of the molecule is c1ccc(-c2nc(-c3ccccc3)nc(-c3cccc4c3sc3ccc(-c5cccc(-c6ccc7c(c6)c6ccccc6n7-c6ccccc6)c5)cc34)n2)cc1. The summed E-state index contributed by atoms with van der Waals surface area (Å²) in [7, 11) is 0. The molecule has 0 amide bonds. The average molecular weight is 733 g/mol. The summed E-state index contributed by atoms with van der Waals surface area (Å²) < 4.78 is 4.76. The lowest BCUT2D eigenvalue weighted by Gasteiger charge is -2.09. The van der Waals surface area contributed by atoms with E-state index in [1.54, 1.807) is 11.3 Å². The standard InChI is InChI=1S/C51H32N4S/c1-4-14-33(15-5-1)49-52-50(34-16-6-2-7-17-34)54-51(53-49)42-24-13-23-41-44-32-38(27-29-47(44)56-48(41)42)36-19-12-18-35(30-36)37-26-28-46-43(31-37)40-22-10-11-25-45(40)55(46)39-20-8-3-9-21-39/h1-32H. The molecular formula is C51H32N4S. The van der Waals surface area contributed by atoms with E-state index in [2.05, 4.69) is 138 Å². The van der Waals surface area contributed by atoms with Crippen LogP contribution >= 0.6 is 11.3 Å². The molecule has 0 saturated heterocycles. The highest BCUT2D eigenvalue weighted by Crippen LogP contribution is 2.42. The Kier molecular flexibility index (Phi) is 7.64. The van der Waals surface area contributed by atoms with Crippen LogP contribution < -0.4 is 0 Å². The lowest BCUT2D eigenvalue weighted by Crippen LogP contribution is -2.00. The van der Waals surface area contributed by atoms with Crippen molar-refractivity contribution in [2.75, 3.05) is 0 Å². The van der Waals surface area contributed by atoms with Gasteiger partial charge in [0.25, 0.3) is 0 Å². The van der Waals surface area contributed by atoms with Crippen molar-refractivity contribution in [2.45, 2.75) is 0 Å². The topological polar surface area (TPSA) is 43.6 Å². The third-order valence-electron chi connectivity index (χ3n) is 10.7. The molecule has 0 N–H and O–H groups in total. The number of thiophene rings is 1. The monoisotopic (exact) mass is 732 g/mol. The predicted octanol–water partition coefficient (Wildman–Crippen LogP) is 13.7. The van der Waals surface area contributed by atoms with Crippen LogP contribution in [0.25, 0.3) is 104 Å². The molecule has 0 aliphatic carbocycles. The van der Waals surface area contributed by atoms with Gasteiger partial charge in [0.2, 0.25) is 0 Å². The summed E-state index contributed by atoms with van der Waals surface area (Å²) in [6.45, 7) is 0. The van der Waals surface area contributed by atoms with Crippen molar-refractivity contribution >= 4 is 53.3 Å². The minimum atomic E-state index is 0.663. The van der Waals surface area contributed by atoms with Gasteiger partial charge in [0.1, 0.15) is 0 Å². The fourth-order valence-electron chi connectivity index (χ4n) is 7.97. The summed E-state index contributed by atoms with van der Waals surface area (Å²) in [5.74, 6) is 2.00. The normalized spacial score (nSPS) is 11.6. The number of hydrogen-bond acceptors (Lipinski definition) is 4. The summed E-state index contributed by atoms with van der Waals surface area (Å²) in [5.41, 5.74) is 11.3. The Labute approximate surface area is 327 Å². The third-order valence-corrected chi connectivity index (χ3v) is 11.9. The first-order chi connectivity index (χ1) is 27.7. The largest absolute Gasteiger partial charge is 0.309 e. The highest BCUT2D eigenvalue weighted by Gasteiger charge is 2.18. The van der Waals surface area contributed by atoms with Gasteiger partial charge in [-0.15, -0.1) is 11.3 Å². The van der Waals surface area contributed by atoms with E-state index in [9.17, 15) is 0 Å². The highest BCUT2D eigenvalue weighted by molar-refractivity contribution is 7.26. The zero-order valence-corrected chi connectivity index (χ0v) is 31.0. The molecule has 0 unspecified atom stereocenters. The Morgan fingerprint density at radius 3 is 1.57 bits per heavy atom. The van der Waals surface area contributed by atoms with E-state index in [-0.39, 0.29) is 0 Å². The van der Waals surface area contributed by atoms with Crippen LogP contribution in [-0.4, -0.2) is 19.5 Å². The Bertz CT molecular complexity index is 3180. The minimum absolute atomic E-state index is 0.663. The molecule has 0 saturated carbocycles. The molecule has 0 radical (unpaired) electrons. The molecule has 11 rings (SSSR count). The second-order valence-electron chi connectivity index (χ2n) is 14.0. The van der Waals surface area contributed by atoms with Gasteiger partial charge < -0.3 is 4.57 Å². The average Bonchev–Trinajstić information content (AvgIpc) is 3.82. The van der Waals surface area contributed by atoms with Crippen molar-refractivity contribution < 1.29 is 0 Å². The lowest BCUT2D eigenvalue weighted by molar-refractivity contribution is 1.08. The van der Waals surface area contributed by atoms with Gasteiger partial charge in [-0.05, 0) is 76.9 Å². The summed E-state index contributed by atoms with van der Waals surface area (Å²) >= 11 is 1.79. The molecule has 8 aromatic carbocycles. The van der Waals surface area contributed by atoms with E-state index in [0.29, 0.717) is 17.5 Å². The minimum Gasteiger partial charge on any atom is -0.309 e. The van der Waals surface area contributed by atoms with Crippen LogP contribution in [-0.2, 0) is 0 Å². The van der Waals surface area contributed by atoms with Gasteiger partial charge in [0, 0.05) is 53.3 Å². The molecule has 0 aliphatic rings. The smallest absolute Gasteiger partial charge is 0.165 e. The molecule has 0 spiro atoms. The number of benzene rings is 8. The van der Waals surface area contributed by atoms with E-state index >= 15 is 0 Å². The van der Waals surface area contributed by atoms with Gasteiger partial charge in [-0.25, -0.2) is 15.0 Å². The molecule has 56 heavy (non-hydrogen) atoms. The van der Waals surface area contributed by atoms with E-state index in [4.69, 9.17) is 15.0 Å². The van der Waals surface area contributed by atoms with E-state index in [0.717, 1.165) is 16.7 Å². The maximum absolute atomic E-state index is 5.06. The quantitative estimate of drug-likeness (QED) is 0.171. The van der Waals surface area contributed by atoms with Crippen LogP contribution in [0.1, 0.15) is 0 Å². The molecular weight excluding hydrogens is 701 g/mol. The van der Waals surface area contributed by atoms with Gasteiger partial charge in [-0.3, -0.25) is 0 Å². The Morgan fingerprint density at radius 1 is 0.339 bits per heavy atom. The van der Waals surface area contributed by atoms with Crippen molar-refractivity contribution in [3.05, 3.63) is 194 Å². The number of para-hydroxylation sites is 2. The second-order valence-corrected chi connectivity index (χ2v) is 15.1. The fourth-order valence-corrected chi connectivity index (χ4v) is 9.16. The van der Waals surface area contributed by atoms with Crippen molar-refractivity contribution in [3.8, 4) is 62.1 Å². The van der Waals surface area contributed by atoms with Crippen molar-refractivity contribution in [1.29, 1.82) is 0 Å². The number of aromatic nitrogens is 4. The number of rotatable bonds is 6. The molecule has 262 valence electrons. The first-order valence-corrected chi connectivity index (χ1v) is 19.6. The summed E-state index contributed by atoms with van der Waals surface area (Å²) in [5, 5.41) is 4.93. The van der Waals surface area contributed by atoms with Crippen LogP contribution in [0, 0.1) is 0 Å². The predicted molar refractivity (Wildman–Crippen MR) is 234 cm³/mol. The van der Waals surface area contributed by atoms with Crippen LogP contribution in [0.5, 0.6) is 0 Å². The first kappa shape index (κ1) is 32.2. The van der Waals surface area contributed by atoms with Crippen LogP contribution in [0.15, 0.2) is 194 Å². The summed E-state index contributed by atoms with van der Waals surface area (Å²) in [6.07, 6.45) is 0. The van der Waals surface area contributed by atoms with Gasteiger partial charge in [0.15, 0.2) is 17.5 Å². The van der Waals surface area contributed by atoms with Crippen LogP contribution in [0.2, 0.25) is 0 Å². The Hall–Kier alpha value is -7.21. The summed E-state index contributed by atoms with van der Waals surface area (Å²) in [6, 6.07) is 68.7. The van der Waals surface area contributed by atoms with E-state index < -0.39 is 0 Å². The van der Waals surface area contributed by atoms with E-state index in [1.807, 2.05) is 60.7 Å². The van der Waals surface area contributed by atoms with Crippen LogP contribution in [0.3, 0.4) is 0 Å². The zero-order chi connectivity index (χ0) is 37.0. The summed E-state index contributed by atoms with van der Waals surface area (Å²) in [4.78, 5) is 15.0. The van der Waals surface area contributed by atoms with Crippen LogP contribution in [0.4, 0.5) is 0 Å². The first-order valence-electron chi connectivity index (χ1n) is 18.8. The number of fused-ring (bicyclic) bond motifs is 6. The number of nitrogens with zero attached hydrogens (tertiary/aromatic N) is 4. The Morgan fingerprint density at radius 2 is 0.857 bits per heavy atom. The molecule has 0 bridgehead atoms. The van der Waals surface area contributed by atoms with Gasteiger partial charge in [-0.2, -0.15) is 0 Å². The Balaban J connectivity index is 1.00. The molecule has 11 aromatic rings. The fraction of sp³-hybridized carbons (Fsp3) is 0. The second kappa shape index (κ2) is 13.3. The molecule has 3 heterocycles. The zero-order valence-electron chi connectivity index (χ0n) is 30.2. The maximum Gasteiger partial charge on any atom is 0.165 e. The molecule has 0 atom stereocenters. The highest BCUT2D eigenvalue weighted by atomic mass is 32.1. The lowest BCUT2D eigenvalue weighted by atomic mass is 9.97. The molecule has 3 aromatic heterocycles. The van der Waals surface area contributed by atoms with Gasteiger partial charge >= 0.3 is 0 Å². The van der Waals surface area contributed by atoms with Crippen molar-refractivity contribution in [1.82, 2.24) is 19.5 Å². The molecule has 0 fully saturated rings. The molecule has 5 heteroatoms. The van der Waals surface area contributed by atoms with Crippen molar-refractivity contribution in [3.63, 3.8) is 0 Å². The van der Waals surface area contributed by atoms with E-state index in [1.165, 1.54) is 69.9 Å². The maximum atomic E-state index is 5.06.